The number of rotatable bonds is 4. The summed E-state index contributed by atoms with van der Waals surface area (Å²) in [4.78, 5) is 35.6. The summed E-state index contributed by atoms with van der Waals surface area (Å²) < 4.78 is 5.43. The van der Waals surface area contributed by atoms with E-state index in [0.29, 0.717) is 17.8 Å². The Balaban J connectivity index is 1.23. The molecule has 9 nitrogen and oxygen atoms in total. The quantitative estimate of drug-likeness (QED) is 0.682. The molecule has 156 valence electrons. The van der Waals surface area contributed by atoms with Crippen molar-refractivity contribution in [1.29, 1.82) is 0 Å². The molecule has 0 bridgehead atoms. The Labute approximate surface area is 174 Å². The first-order chi connectivity index (χ1) is 14.8. The van der Waals surface area contributed by atoms with Gasteiger partial charge in [-0.1, -0.05) is 12.1 Å². The third-order valence-electron chi connectivity index (χ3n) is 5.70. The van der Waals surface area contributed by atoms with Gasteiger partial charge in [0.1, 0.15) is 23.8 Å². The summed E-state index contributed by atoms with van der Waals surface area (Å²) in [5.74, 6) is 2.64. The van der Waals surface area contributed by atoms with Gasteiger partial charge < -0.3 is 19.5 Å². The molecular formula is C21H25N7O2. The van der Waals surface area contributed by atoms with Crippen LogP contribution >= 0.6 is 0 Å². The van der Waals surface area contributed by atoms with Crippen LogP contribution in [0.3, 0.4) is 0 Å². The van der Waals surface area contributed by atoms with Crippen molar-refractivity contribution < 1.29 is 4.74 Å². The van der Waals surface area contributed by atoms with Gasteiger partial charge in [-0.25, -0.2) is 15.0 Å². The van der Waals surface area contributed by atoms with Gasteiger partial charge in [-0.15, -0.1) is 0 Å². The van der Waals surface area contributed by atoms with Crippen molar-refractivity contribution in [1.82, 2.24) is 24.8 Å². The molecule has 2 saturated heterocycles. The molecule has 30 heavy (non-hydrogen) atoms. The van der Waals surface area contributed by atoms with E-state index in [4.69, 9.17) is 4.74 Å². The average Bonchev–Trinajstić information content (AvgIpc) is 2.80. The fourth-order valence-electron chi connectivity index (χ4n) is 4.03. The molecule has 1 aromatic carbocycles. The van der Waals surface area contributed by atoms with E-state index in [9.17, 15) is 4.79 Å². The smallest absolute Gasteiger partial charge is 0.258 e. The number of ether oxygens (including phenoxy) is 1. The third kappa shape index (κ3) is 3.99. The third-order valence-corrected chi connectivity index (χ3v) is 5.70. The van der Waals surface area contributed by atoms with Crippen LogP contribution in [0.25, 0.3) is 10.9 Å². The topological polar surface area (TPSA) is 90.5 Å². The monoisotopic (exact) mass is 407 g/mol. The van der Waals surface area contributed by atoms with E-state index in [1.807, 2.05) is 18.2 Å². The number of piperazine rings is 1. The highest BCUT2D eigenvalue weighted by molar-refractivity contribution is 5.77. The predicted octanol–water partition coefficient (Wildman–Crippen LogP) is 0.872. The molecule has 0 saturated carbocycles. The Kier molecular flexibility index (Phi) is 5.29. The van der Waals surface area contributed by atoms with Gasteiger partial charge in [-0.05, 0) is 12.1 Å². The lowest BCUT2D eigenvalue weighted by Gasteiger charge is -2.35. The fraction of sp³-hybridized carbons (Fsp3) is 0.429. The number of fused-ring (bicyclic) bond motifs is 1. The molecule has 5 rings (SSSR count). The number of aromatic amines is 1. The fourth-order valence-corrected chi connectivity index (χ4v) is 4.03. The summed E-state index contributed by atoms with van der Waals surface area (Å²) in [5, 5.41) is 0.630. The standard InChI is InChI=1S/C21H25N7O2/c29-21-16-3-1-2-4-17(16)24-18(25-21)14-26-5-7-27(8-6-26)19-13-20(23-15-22-19)28-9-11-30-12-10-28/h1-4,13,15H,5-12,14H2,(H,24,25,29). The number of nitrogens with zero attached hydrogens (tertiary/aromatic N) is 6. The summed E-state index contributed by atoms with van der Waals surface area (Å²) in [5.41, 5.74) is 0.664. The highest BCUT2D eigenvalue weighted by Gasteiger charge is 2.21. The number of morpholine rings is 1. The van der Waals surface area contributed by atoms with Gasteiger partial charge in [0.25, 0.3) is 5.56 Å². The Bertz CT molecular complexity index is 1070. The van der Waals surface area contributed by atoms with Crippen molar-refractivity contribution in [2.24, 2.45) is 0 Å². The van der Waals surface area contributed by atoms with Crippen molar-refractivity contribution in [3.05, 3.63) is 52.8 Å². The van der Waals surface area contributed by atoms with Crippen LogP contribution in [-0.2, 0) is 11.3 Å². The van der Waals surface area contributed by atoms with E-state index in [2.05, 4.69) is 40.7 Å². The van der Waals surface area contributed by atoms with Crippen LogP contribution in [-0.4, -0.2) is 77.3 Å². The molecule has 0 atom stereocenters. The molecule has 4 heterocycles. The Morgan fingerprint density at radius 3 is 2.40 bits per heavy atom. The van der Waals surface area contributed by atoms with E-state index < -0.39 is 0 Å². The van der Waals surface area contributed by atoms with Crippen molar-refractivity contribution in [3.8, 4) is 0 Å². The highest BCUT2D eigenvalue weighted by atomic mass is 16.5. The van der Waals surface area contributed by atoms with Crippen molar-refractivity contribution in [3.63, 3.8) is 0 Å². The second-order valence-electron chi connectivity index (χ2n) is 7.63. The zero-order chi connectivity index (χ0) is 20.3. The lowest BCUT2D eigenvalue weighted by molar-refractivity contribution is 0.122. The zero-order valence-electron chi connectivity index (χ0n) is 16.8. The molecule has 2 fully saturated rings. The number of para-hydroxylation sites is 1. The minimum Gasteiger partial charge on any atom is -0.378 e. The van der Waals surface area contributed by atoms with Crippen molar-refractivity contribution >= 4 is 22.5 Å². The summed E-state index contributed by atoms with van der Waals surface area (Å²) in [6.45, 7) is 7.35. The van der Waals surface area contributed by atoms with E-state index in [1.165, 1.54) is 0 Å². The molecule has 0 amide bonds. The first-order valence-corrected chi connectivity index (χ1v) is 10.4. The molecule has 2 aromatic heterocycles. The van der Waals surface area contributed by atoms with Crippen LogP contribution in [0, 0.1) is 0 Å². The Morgan fingerprint density at radius 1 is 0.933 bits per heavy atom. The first kappa shape index (κ1) is 19.0. The van der Waals surface area contributed by atoms with Crippen LogP contribution < -0.4 is 15.4 Å². The SMILES string of the molecule is O=c1[nH]c(CN2CCN(c3cc(N4CCOCC4)ncn3)CC2)nc2ccccc12. The van der Waals surface area contributed by atoms with Gasteiger partial charge in [-0.3, -0.25) is 9.69 Å². The molecule has 2 aliphatic heterocycles. The molecule has 9 heteroatoms. The van der Waals surface area contributed by atoms with Gasteiger partial charge in [0, 0.05) is 45.3 Å². The predicted molar refractivity (Wildman–Crippen MR) is 115 cm³/mol. The summed E-state index contributed by atoms with van der Waals surface area (Å²) in [6, 6.07) is 9.52. The minimum atomic E-state index is -0.0779. The van der Waals surface area contributed by atoms with Gasteiger partial charge in [0.15, 0.2) is 0 Å². The Morgan fingerprint density at radius 2 is 1.63 bits per heavy atom. The second kappa shape index (κ2) is 8.37. The maximum atomic E-state index is 12.3. The maximum Gasteiger partial charge on any atom is 0.258 e. The number of nitrogens with one attached hydrogen (secondary N) is 1. The van der Waals surface area contributed by atoms with Gasteiger partial charge in [0.2, 0.25) is 0 Å². The molecular weight excluding hydrogens is 382 g/mol. The number of aromatic nitrogens is 4. The largest absolute Gasteiger partial charge is 0.378 e. The van der Waals surface area contributed by atoms with E-state index >= 15 is 0 Å². The highest BCUT2D eigenvalue weighted by Crippen LogP contribution is 2.20. The summed E-state index contributed by atoms with van der Waals surface area (Å²) in [6.07, 6.45) is 1.65. The number of anilines is 2. The molecule has 0 unspecified atom stereocenters. The maximum absolute atomic E-state index is 12.3. The van der Waals surface area contributed by atoms with Gasteiger partial charge >= 0.3 is 0 Å². The molecule has 2 aliphatic rings. The van der Waals surface area contributed by atoms with E-state index in [-0.39, 0.29) is 5.56 Å². The summed E-state index contributed by atoms with van der Waals surface area (Å²) in [7, 11) is 0. The zero-order valence-corrected chi connectivity index (χ0v) is 16.8. The average molecular weight is 407 g/mol. The normalized spacial score (nSPS) is 18.1. The number of hydrogen-bond donors (Lipinski definition) is 1. The minimum absolute atomic E-state index is 0.0779. The lowest BCUT2D eigenvalue weighted by atomic mass is 10.2. The van der Waals surface area contributed by atoms with E-state index in [0.717, 1.165) is 69.6 Å². The molecule has 3 aromatic rings. The van der Waals surface area contributed by atoms with Crippen LogP contribution in [0.2, 0.25) is 0 Å². The lowest BCUT2D eigenvalue weighted by Crippen LogP contribution is -2.46. The Hall–Kier alpha value is -3.04. The van der Waals surface area contributed by atoms with Crippen LogP contribution in [0.5, 0.6) is 0 Å². The van der Waals surface area contributed by atoms with Gasteiger partial charge in [-0.2, -0.15) is 0 Å². The first-order valence-electron chi connectivity index (χ1n) is 10.4. The van der Waals surface area contributed by atoms with E-state index in [1.54, 1.807) is 12.4 Å². The molecule has 1 N–H and O–H groups in total. The van der Waals surface area contributed by atoms with Crippen LogP contribution in [0.15, 0.2) is 41.5 Å². The molecule has 0 aliphatic carbocycles. The number of hydrogen-bond acceptors (Lipinski definition) is 8. The van der Waals surface area contributed by atoms with Crippen LogP contribution in [0.1, 0.15) is 5.82 Å². The number of H-pyrrole nitrogens is 1. The van der Waals surface area contributed by atoms with Crippen molar-refractivity contribution in [2.75, 3.05) is 62.3 Å². The van der Waals surface area contributed by atoms with Gasteiger partial charge in [0.05, 0.1) is 30.7 Å². The van der Waals surface area contributed by atoms with Crippen molar-refractivity contribution in [2.45, 2.75) is 6.54 Å². The second-order valence-corrected chi connectivity index (χ2v) is 7.63. The molecule has 0 radical (unpaired) electrons. The molecule has 0 spiro atoms. The number of benzene rings is 1. The van der Waals surface area contributed by atoms with Crippen LogP contribution in [0.4, 0.5) is 11.6 Å². The summed E-state index contributed by atoms with van der Waals surface area (Å²) >= 11 is 0.